The van der Waals surface area contributed by atoms with Crippen LogP contribution < -0.4 is 5.32 Å². The van der Waals surface area contributed by atoms with Gasteiger partial charge in [-0.05, 0) is 32.1 Å². The molecule has 1 aromatic rings. The van der Waals surface area contributed by atoms with Gasteiger partial charge in [-0.1, -0.05) is 19.3 Å². The summed E-state index contributed by atoms with van der Waals surface area (Å²) in [7, 11) is 1.99. The fourth-order valence-electron chi connectivity index (χ4n) is 3.51. The molecule has 2 aliphatic rings. The highest BCUT2D eigenvalue weighted by atomic mass is 16.1. The summed E-state index contributed by atoms with van der Waals surface area (Å²) in [4.78, 5) is 12.3. The molecule has 2 aliphatic carbocycles. The number of carbonyl (C=O) groups excluding carboxylic acids is 1. The van der Waals surface area contributed by atoms with Crippen LogP contribution in [0.4, 0.5) is 0 Å². The van der Waals surface area contributed by atoms with Gasteiger partial charge in [0.15, 0.2) is 0 Å². The van der Waals surface area contributed by atoms with Gasteiger partial charge < -0.3 is 5.32 Å². The molecule has 4 heteroatoms. The first-order valence-electron chi connectivity index (χ1n) is 7.57. The maximum Gasteiger partial charge on any atom is 0.223 e. The Kier molecular flexibility index (Phi) is 3.58. The van der Waals surface area contributed by atoms with Crippen molar-refractivity contribution in [2.24, 2.45) is 13.0 Å². The summed E-state index contributed by atoms with van der Waals surface area (Å²) in [6, 6.07) is 0.187. The zero-order valence-corrected chi connectivity index (χ0v) is 11.7. The Morgan fingerprint density at radius 3 is 2.84 bits per heavy atom. The predicted molar refractivity (Wildman–Crippen MR) is 73.6 cm³/mol. The molecule has 19 heavy (non-hydrogen) atoms. The zero-order valence-electron chi connectivity index (χ0n) is 11.7. The topological polar surface area (TPSA) is 46.9 Å². The third kappa shape index (κ3) is 2.53. The molecule has 0 saturated heterocycles. The van der Waals surface area contributed by atoms with E-state index in [2.05, 4.69) is 10.4 Å². The Hall–Kier alpha value is -1.32. The molecule has 1 saturated carbocycles. The maximum absolute atomic E-state index is 12.3. The van der Waals surface area contributed by atoms with Gasteiger partial charge in [-0.15, -0.1) is 0 Å². The molecular weight excluding hydrogens is 238 g/mol. The summed E-state index contributed by atoms with van der Waals surface area (Å²) >= 11 is 0. The van der Waals surface area contributed by atoms with E-state index in [0.717, 1.165) is 32.1 Å². The van der Waals surface area contributed by atoms with Crippen LogP contribution in [0.3, 0.4) is 0 Å². The van der Waals surface area contributed by atoms with Gasteiger partial charge in [-0.25, -0.2) is 0 Å². The minimum atomic E-state index is 0.187. The first-order valence-corrected chi connectivity index (χ1v) is 7.57. The number of rotatable bonds is 2. The number of aryl methyl sites for hydroxylation is 1. The van der Waals surface area contributed by atoms with Crippen LogP contribution in [0.15, 0.2) is 6.20 Å². The van der Waals surface area contributed by atoms with E-state index in [4.69, 9.17) is 0 Å². The molecule has 1 aromatic heterocycles. The molecule has 0 bridgehead atoms. The molecule has 1 atom stereocenters. The lowest BCUT2D eigenvalue weighted by Crippen LogP contribution is -2.36. The summed E-state index contributed by atoms with van der Waals surface area (Å²) in [6.45, 7) is 0. The van der Waals surface area contributed by atoms with Crippen molar-refractivity contribution in [3.05, 3.63) is 17.5 Å². The Labute approximate surface area is 114 Å². The van der Waals surface area contributed by atoms with Gasteiger partial charge >= 0.3 is 0 Å². The van der Waals surface area contributed by atoms with Crippen molar-refractivity contribution in [3.8, 4) is 0 Å². The average molecular weight is 261 g/mol. The molecule has 0 aromatic carbocycles. The molecule has 104 valence electrons. The van der Waals surface area contributed by atoms with E-state index < -0.39 is 0 Å². The summed E-state index contributed by atoms with van der Waals surface area (Å²) in [5, 5.41) is 7.60. The Morgan fingerprint density at radius 2 is 2.05 bits per heavy atom. The quantitative estimate of drug-likeness (QED) is 0.889. The molecule has 1 heterocycles. The number of fused-ring (bicyclic) bond motifs is 1. The van der Waals surface area contributed by atoms with Crippen LogP contribution in [0, 0.1) is 5.92 Å². The van der Waals surface area contributed by atoms with Crippen molar-refractivity contribution in [2.75, 3.05) is 0 Å². The van der Waals surface area contributed by atoms with Gasteiger partial charge in [0.25, 0.3) is 0 Å². The fourth-order valence-corrected chi connectivity index (χ4v) is 3.51. The van der Waals surface area contributed by atoms with Crippen LogP contribution in [-0.2, 0) is 18.3 Å². The van der Waals surface area contributed by atoms with Crippen LogP contribution in [-0.4, -0.2) is 15.7 Å². The third-order valence-electron chi connectivity index (χ3n) is 4.67. The van der Waals surface area contributed by atoms with Gasteiger partial charge in [-0.2, -0.15) is 5.10 Å². The highest BCUT2D eigenvalue weighted by Gasteiger charge is 2.28. The van der Waals surface area contributed by atoms with Crippen LogP contribution >= 0.6 is 0 Å². The smallest absolute Gasteiger partial charge is 0.223 e. The van der Waals surface area contributed by atoms with Crippen LogP contribution in [0.1, 0.15) is 62.2 Å². The van der Waals surface area contributed by atoms with Crippen molar-refractivity contribution in [2.45, 2.75) is 57.4 Å². The summed E-state index contributed by atoms with van der Waals surface area (Å²) < 4.78 is 1.95. The second-order valence-corrected chi connectivity index (χ2v) is 5.96. The van der Waals surface area contributed by atoms with Gasteiger partial charge in [0.05, 0.1) is 12.2 Å². The molecule has 3 rings (SSSR count). The predicted octanol–water partition coefficient (Wildman–Crippen LogP) is 2.49. The number of aromatic nitrogens is 2. The molecular formula is C15H23N3O. The van der Waals surface area contributed by atoms with E-state index >= 15 is 0 Å². The monoisotopic (exact) mass is 261 g/mol. The zero-order chi connectivity index (χ0) is 13.2. The standard InChI is InChI=1S/C15H23N3O/c1-18-14-9-5-8-13(12(14)10-16-18)17-15(19)11-6-3-2-4-7-11/h10-11,13H,2-9H2,1H3,(H,17,19)/t13-/m1/s1. The normalized spacial score (nSPS) is 23.9. The van der Waals surface area contributed by atoms with E-state index in [1.165, 1.54) is 30.5 Å². The molecule has 1 fully saturated rings. The number of carbonyl (C=O) groups is 1. The molecule has 0 radical (unpaired) electrons. The van der Waals surface area contributed by atoms with Crippen molar-refractivity contribution in [3.63, 3.8) is 0 Å². The largest absolute Gasteiger partial charge is 0.349 e. The van der Waals surface area contributed by atoms with Crippen molar-refractivity contribution in [1.29, 1.82) is 0 Å². The molecule has 1 amide bonds. The highest BCUT2D eigenvalue weighted by Crippen LogP contribution is 2.30. The van der Waals surface area contributed by atoms with E-state index in [1.54, 1.807) is 0 Å². The molecule has 4 nitrogen and oxygen atoms in total. The lowest BCUT2D eigenvalue weighted by Gasteiger charge is -2.27. The SMILES string of the molecule is Cn1ncc2c1CCC[C@H]2NC(=O)C1CCCCC1. The lowest BCUT2D eigenvalue weighted by molar-refractivity contribution is -0.126. The second kappa shape index (κ2) is 5.35. The Morgan fingerprint density at radius 1 is 1.26 bits per heavy atom. The Bertz CT molecular complexity index is 460. The molecule has 0 aliphatic heterocycles. The number of hydrogen-bond acceptors (Lipinski definition) is 2. The fraction of sp³-hybridized carbons (Fsp3) is 0.733. The minimum absolute atomic E-state index is 0.187. The number of amides is 1. The number of nitrogens with zero attached hydrogens (tertiary/aromatic N) is 2. The molecule has 0 spiro atoms. The van der Waals surface area contributed by atoms with E-state index in [-0.39, 0.29) is 17.9 Å². The first-order chi connectivity index (χ1) is 9.25. The van der Waals surface area contributed by atoms with Crippen LogP contribution in [0.2, 0.25) is 0 Å². The number of nitrogens with one attached hydrogen (secondary N) is 1. The van der Waals surface area contributed by atoms with E-state index in [1.807, 2.05) is 17.9 Å². The van der Waals surface area contributed by atoms with Crippen molar-refractivity contribution in [1.82, 2.24) is 15.1 Å². The minimum Gasteiger partial charge on any atom is -0.349 e. The van der Waals surface area contributed by atoms with Crippen molar-refractivity contribution >= 4 is 5.91 Å². The van der Waals surface area contributed by atoms with Gasteiger partial charge in [0.2, 0.25) is 5.91 Å². The Balaban J connectivity index is 1.68. The van der Waals surface area contributed by atoms with Gasteiger partial charge in [0, 0.05) is 24.2 Å². The van der Waals surface area contributed by atoms with E-state index in [0.29, 0.717) is 0 Å². The summed E-state index contributed by atoms with van der Waals surface area (Å²) in [6.07, 6.45) is 11.1. The average Bonchev–Trinajstić information content (AvgIpc) is 2.83. The number of hydrogen-bond donors (Lipinski definition) is 1. The third-order valence-corrected chi connectivity index (χ3v) is 4.67. The van der Waals surface area contributed by atoms with Gasteiger partial charge in [0.1, 0.15) is 0 Å². The summed E-state index contributed by atoms with van der Waals surface area (Å²) in [5.74, 6) is 0.511. The van der Waals surface area contributed by atoms with Crippen LogP contribution in [0.5, 0.6) is 0 Å². The first kappa shape index (κ1) is 12.7. The molecule has 0 unspecified atom stereocenters. The molecule has 1 N–H and O–H groups in total. The maximum atomic E-state index is 12.3. The van der Waals surface area contributed by atoms with E-state index in [9.17, 15) is 4.79 Å². The van der Waals surface area contributed by atoms with Gasteiger partial charge in [-0.3, -0.25) is 9.48 Å². The van der Waals surface area contributed by atoms with Crippen LogP contribution in [0.25, 0.3) is 0 Å². The van der Waals surface area contributed by atoms with Crippen molar-refractivity contribution < 1.29 is 4.79 Å². The summed E-state index contributed by atoms with van der Waals surface area (Å²) in [5.41, 5.74) is 2.53. The second-order valence-electron chi connectivity index (χ2n) is 5.96. The highest BCUT2D eigenvalue weighted by molar-refractivity contribution is 5.79. The lowest BCUT2D eigenvalue weighted by atomic mass is 9.87.